The van der Waals surface area contributed by atoms with Crippen LogP contribution < -0.4 is 39.8 Å². The third-order valence-electron chi connectivity index (χ3n) is 10.4. The number of nitrogens with one attached hydrogen (secondary N) is 1. The molecule has 3 N–H and O–H groups in total. The van der Waals surface area contributed by atoms with Crippen LogP contribution in [0.4, 0.5) is 28.4 Å². The molecule has 8 rings (SSSR count). The maximum atomic E-state index is 13.8. The van der Waals surface area contributed by atoms with Crippen LogP contribution in [0.2, 0.25) is 0 Å². The van der Waals surface area contributed by atoms with E-state index < -0.39 is 4.92 Å². The maximum absolute atomic E-state index is 13.8. The Kier molecular flexibility index (Phi) is 9.13. The SMILES string of the molecule is COc1cc(C(=O)N2c3ccccc3C[C@H]2C)c(N)cc1OCc1cc(COc2cc3c(cc2OC)C(=O)N2c4ccccc4C[C@H]2CN3)cc([N+](=O)[O-])c1. The van der Waals surface area contributed by atoms with E-state index in [9.17, 15) is 19.7 Å². The summed E-state index contributed by atoms with van der Waals surface area (Å²) in [5.74, 6) is 0.909. The number of rotatable bonds is 10. The second-order valence-electron chi connectivity index (χ2n) is 13.9. The fourth-order valence-corrected chi connectivity index (χ4v) is 7.79. The van der Waals surface area contributed by atoms with Crippen LogP contribution in [0.25, 0.3) is 0 Å². The lowest BCUT2D eigenvalue weighted by Crippen LogP contribution is -2.39. The normalized spacial score (nSPS) is 16.6. The van der Waals surface area contributed by atoms with Crippen molar-refractivity contribution >= 4 is 40.3 Å². The molecule has 5 aromatic carbocycles. The van der Waals surface area contributed by atoms with Crippen LogP contribution in [-0.4, -0.2) is 49.6 Å². The lowest BCUT2D eigenvalue weighted by Gasteiger charge is -2.24. The summed E-state index contributed by atoms with van der Waals surface area (Å²) >= 11 is 0. The van der Waals surface area contributed by atoms with E-state index in [4.69, 9.17) is 24.7 Å². The smallest absolute Gasteiger partial charge is 0.270 e. The van der Waals surface area contributed by atoms with Crippen molar-refractivity contribution in [3.8, 4) is 23.0 Å². The highest BCUT2D eigenvalue weighted by molar-refractivity contribution is 6.12. The van der Waals surface area contributed by atoms with E-state index in [1.54, 1.807) is 29.2 Å². The van der Waals surface area contributed by atoms with Crippen molar-refractivity contribution in [1.29, 1.82) is 0 Å². The molecule has 2 atom stereocenters. The number of carbonyl (C=O) groups is 2. The first-order valence-corrected chi connectivity index (χ1v) is 17.9. The number of methoxy groups -OCH3 is 2. The lowest BCUT2D eigenvalue weighted by atomic mass is 10.1. The Morgan fingerprint density at radius 1 is 0.836 bits per heavy atom. The van der Waals surface area contributed by atoms with Gasteiger partial charge in [-0.1, -0.05) is 36.4 Å². The van der Waals surface area contributed by atoms with Gasteiger partial charge >= 0.3 is 0 Å². The molecular formula is C42H39N5O8. The number of carbonyl (C=O) groups excluding carboxylic acids is 2. The first-order valence-electron chi connectivity index (χ1n) is 17.9. The highest BCUT2D eigenvalue weighted by atomic mass is 16.6. The molecule has 13 heteroatoms. The number of nitrogens with zero attached hydrogens (tertiary/aromatic N) is 3. The summed E-state index contributed by atoms with van der Waals surface area (Å²) in [5.41, 5.74) is 12.8. The third-order valence-corrected chi connectivity index (χ3v) is 10.4. The van der Waals surface area contributed by atoms with E-state index in [-0.39, 0.29) is 59.8 Å². The summed E-state index contributed by atoms with van der Waals surface area (Å²) < 4.78 is 23.5. The van der Waals surface area contributed by atoms with Gasteiger partial charge in [-0.15, -0.1) is 0 Å². The van der Waals surface area contributed by atoms with Crippen molar-refractivity contribution in [3.63, 3.8) is 0 Å². The van der Waals surface area contributed by atoms with Crippen molar-refractivity contribution in [2.24, 2.45) is 0 Å². The highest BCUT2D eigenvalue weighted by Crippen LogP contribution is 2.41. The number of benzene rings is 5. The van der Waals surface area contributed by atoms with Gasteiger partial charge in [0.25, 0.3) is 17.5 Å². The van der Waals surface area contributed by atoms with Gasteiger partial charge in [0.1, 0.15) is 13.2 Å². The summed E-state index contributed by atoms with van der Waals surface area (Å²) in [6.07, 6.45) is 1.49. The molecule has 0 unspecified atom stereocenters. The Balaban J connectivity index is 1.00. The first kappa shape index (κ1) is 35.3. The first-order chi connectivity index (χ1) is 26.6. The molecule has 0 radical (unpaired) electrons. The average molecular weight is 742 g/mol. The molecule has 0 bridgehead atoms. The van der Waals surface area contributed by atoms with Crippen molar-refractivity contribution in [3.05, 3.63) is 134 Å². The molecule has 2 amide bonds. The third kappa shape index (κ3) is 6.47. The fourth-order valence-electron chi connectivity index (χ4n) is 7.79. The average Bonchev–Trinajstić information content (AvgIpc) is 3.70. The Labute approximate surface area is 317 Å². The van der Waals surface area contributed by atoms with Gasteiger partial charge in [0.15, 0.2) is 23.0 Å². The van der Waals surface area contributed by atoms with Gasteiger partial charge in [-0.2, -0.15) is 0 Å². The molecule has 0 saturated heterocycles. The molecule has 0 saturated carbocycles. The largest absolute Gasteiger partial charge is 0.493 e. The van der Waals surface area contributed by atoms with Crippen molar-refractivity contribution < 1.29 is 33.5 Å². The molecule has 3 aliphatic heterocycles. The number of ether oxygens (including phenoxy) is 4. The zero-order valence-electron chi connectivity index (χ0n) is 30.5. The van der Waals surface area contributed by atoms with Crippen LogP contribution in [0.15, 0.2) is 91.0 Å². The molecule has 3 aliphatic rings. The molecule has 13 nitrogen and oxygen atoms in total. The van der Waals surface area contributed by atoms with E-state index in [0.29, 0.717) is 46.2 Å². The standard InChI is InChI=1S/C42H39N5O8/c1-24-12-27-8-4-6-10-35(27)45(24)41(48)31-17-37(52-2)39(19-33(31)43)54-22-25-13-26(15-29(14-25)47(50)51)23-55-40-20-34-32(18-38(40)53-3)42(49)46-30(21-44-34)16-28-9-5-7-11-36(28)46/h4-11,13-15,17-20,24,30,44H,12,16,21-23,43H2,1-3H3/t24-,30+/m1/s1. The van der Waals surface area contributed by atoms with Gasteiger partial charge in [0.2, 0.25) is 0 Å². The summed E-state index contributed by atoms with van der Waals surface area (Å²) in [5, 5.41) is 15.4. The van der Waals surface area contributed by atoms with Crippen LogP contribution in [-0.2, 0) is 26.1 Å². The van der Waals surface area contributed by atoms with E-state index in [1.807, 2.05) is 60.4 Å². The van der Waals surface area contributed by atoms with Gasteiger partial charge in [-0.25, -0.2) is 0 Å². The van der Waals surface area contributed by atoms with E-state index in [1.165, 1.54) is 32.4 Å². The van der Waals surface area contributed by atoms with Gasteiger partial charge in [-0.3, -0.25) is 19.7 Å². The van der Waals surface area contributed by atoms with Gasteiger partial charge in [0.05, 0.1) is 42.0 Å². The van der Waals surface area contributed by atoms with Crippen molar-refractivity contribution in [2.75, 3.05) is 41.6 Å². The zero-order chi connectivity index (χ0) is 38.4. The molecule has 0 aliphatic carbocycles. The number of para-hydroxylation sites is 2. The van der Waals surface area contributed by atoms with E-state index in [0.717, 1.165) is 35.3 Å². The quantitative estimate of drug-likeness (QED) is 0.0873. The van der Waals surface area contributed by atoms with Gasteiger partial charge < -0.3 is 39.8 Å². The summed E-state index contributed by atoms with van der Waals surface area (Å²) in [6, 6.07) is 26.7. The Hall–Kier alpha value is -6.76. The van der Waals surface area contributed by atoms with Crippen LogP contribution in [0, 0.1) is 10.1 Å². The number of non-ortho nitro benzene ring substituents is 1. The predicted octanol–water partition coefficient (Wildman–Crippen LogP) is 6.94. The predicted molar refractivity (Wildman–Crippen MR) is 208 cm³/mol. The fraction of sp³-hybridized carbons (Fsp3) is 0.238. The second-order valence-corrected chi connectivity index (χ2v) is 13.9. The number of hydrogen-bond acceptors (Lipinski definition) is 10. The summed E-state index contributed by atoms with van der Waals surface area (Å²) in [4.78, 5) is 42.7. The number of amides is 2. The van der Waals surface area contributed by atoms with Crippen molar-refractivity contribution in [1.82, 2.24) is 0 Å². The molecular weight excluding hydrogens is 702 g/mol. The number of anilines is 4. The molecule has 0 aromatic heterocycles. The number of nitrogens with two attached hydrogens (primary N) is 1. The zero-order valence-corrected chi connectivity index (χ0v) is 30.5. The van der Waals surface area contributed by atoms with Crippen LogP contribution >= 0.6 is 0 Å². The minimum absolute atomic E-state index is 0.0353. The number of nitro benzene ring substituents is 1. The Bertz CT molecular complexity index is 2360. The minimum atomic E-state index is -0.480. The van der Waals surface area contributed by atoms with Gasteiger partial charge in [-0.05, 0) is 72.4 Å². The maximum Gasteiger partial charge on any atom is 0.270 e. The minimum Gasteiger partial charge on any atom is -0.493 e. The molecule has 3 heterocycles. The highest BCUT2D eigenvalue weighted by Gasteiger charge is 2.38. The number of nitro groups is 1. The molecule has 0 spiro atoms. The topological polar surface area (TPSA) is 159 Å². The van der Waals surface area contributed by atoms with Crippen LogP contribution in [0.5, 0.6) is 23.0 Å². The number of hydrogen-bond donors (Lipinski definition) is 2. The Morgan fingerprint density at radius 2 is 1.45 bits per heavy atom. The Morgan fingerprint density at radius 3 is 2.13 bits per heavy atom. The van der Waals surface area contributed by atoms with E-state index >= 15 is 0 Å². The van der Waals surface area contributed by atoms with E-state index in [2.05, 4.69) is 5.32 Å². The molecule has 55 heavy (non-hydrogen) atoms. The van der Waals surface area contributed by atoms with Gasteiger partial charge in [0, 0.05) is 53.9 Å². The second kappa shape index (κ2) is 14.2. The van der Waals surface area contributed by atoms with Crippen LogP contribution in [0.3, 0.4) is 0 Å². The molecule has 280 valence electrons. The number of nitrogen functional groups attached to an aromatic ring is 1. The van der Waals surface area contributed by atoms with Crippen molar-refractivity contribution in [2.45, 2.75) is 45.1 Å². The summed E-state index contributed by atoms with van der Waals surface area (Å²) in [6.45, 7) is 2.44. The molecule has 5 aromatic rings. The lowest BCUT2D eigenvalue weighted by molar-refractivity contribution is -0.385. The van der Waals surface area contributed by atoms with Crippen LogP contribution in [0.1, 0.15) is 49.9 Å². The number of fused-ring (bicyclic) bond motifs is 5. The molecule has 0 fully saturated rings. The monoisotopic (exact) mass is 741 g/mol. The summed E-state index contributed by atoms with van der Waals surface area (Å²) in [7, 11) is 2.96.